The van der Waals surface area contributed by atoms with Crippen molar-refractivity contribution in [3.05, 3.63) is 29.3 Å². The second-order valence-electron chi connectivity index (χ2n) is 2.67. The molecule has 0 bridgehead atoms. The standard InChI is InChI=1S/C10H13ClO2S/c1-12-10(13-2)7-14-9-5-3-4-8(11)6-9/h3-6,10H,7H2,1-2H3. The lowest BCUT2D eigenvalue weighted by molar-refractivity contribution is -0.0842. The normalized spacial score (nSPS) is 10.9. The van der Waals surface area contributed by atoms with Gasteiger partial charge >= 0.3 is 0 Å². The summed E-state index contributed by atoms with van der Waals surface area (Å²) in [6.45, 7) is 0. The monoisotopic (exact) mass is 232 g/mol. The molecule has 0 saturated carbocycles. The minimum atomic E-state index is -0.168. The first-order chi connectivity index (χ1) is 6.76. The predicted octanol–water partition coefficient (Wildman–Crippen LogP) is 3.05. The van der Waals surface area contributed by atoms with Crippen LogP contribution in [-0.2, 0) is 9.47 Å². The summed E-state index contributed by atoms with van der Waals surface area (Å²) in [7, 11) is 3.26. The molecule has 1 rings (SSSR count). The fourth-order valence-corrected chi connectivity index (χ4v) is 2.19. The van der Waals surface area contributed by atoms with E-state index in [4.69, 9.17) is 21.1 Å². The number of hydrogen-bond donors (Lipinski definition) is 0. The van der Waals surface area contributed by atoms with Crippen LogP contribution in [0.3, 0.4) is 0 Å². The van der Waals surface area contributed by atoms with Crippen molar-refractivity contribution in [2.24, 2.45) is 0 Å². The van der Waals surface area contributed by atoms with Gasteiger partial charge in [0.2, 0.25) is 0 Å². The second-order valence-corrected chi connectivity index (χ2v) is 4.20. The zero-order valence-corrected chi connectivity index (χ0v) is 9.77. The zero-order chi connectivity index (χ0) is 10.4. The molecule has 0 heterocycles. The quantitative estimate of drug-likeness (QED) is 0.574. The molecule has 0 radical (unpaired) electrons. The number of halogens is 1. The number of hydrogen-bond acceptors (Lipinski definition) is 3. The van der Waals surface area contributed by atoms with Gasteiger partial charge in [0.1, 0.15) is 0 Å². The van der Waals surface area contributed by atoms with E-state index in [-0.39, 0.29) is 6.29 Å². The Bertz CT molecular complexity index is 277. The van der Waals surface area contributed by atoms with E-state index in [0.29, 0.717) is 0 Å². The van der Waals surface area contributed by atoms with Gasteiger partial charge in [-0.1, -0.05) is 17.7 Å². The molecule has 1 aromatic carbocycles. The minimum Gasteiger partial charge on any atom is -0.355 e. The third kappa shape index (κ3) is 3.88. The molecular formula is C10H13ClO2S. The highest BCUT2D eigenvalue weighted by Crippen LogP contribution is 2.22. The molecule has 0 saturated heterocycles. The van der Waals surface area contributed by atoms with E-state index in [1.54, 1.807) is 26.0 Å². The molecule has 0 fully saturated rings. The van der Waals surface area contributed by atoms with Crippen LogP contribution in [-0.4, -0.2) is 26.3 Å². The average Bonchev–Trinajstić information content (AvgIpc) is 2.19. The van der Waals surface area contributed by atoms with Gasteiger partial charge < -0.3 is 9.47 Å². The van der Waals surface area contributed by atoms with E-state index in [0.717, 1.165) is 15.7 Å². The van der Waals surface area contributed by atoms with Gasteiger partial charge in [-0.05, 0) is 18.2 Å². The van der Waals surface area contributed by atoms with Crippen LogP contribution >= 0.6 is 23.4 Å². The maximum absolute atomic E-state index is 5.85. The van der Waals surface area contributed by atoms with Crippen molar-refractivity contribution in [1.82, 2.24) is 0 Å². The molecular weight excluding hydrogens is 220 g/mol. The molecule has 0 aromatic heterocycles. The third-order valence-electron chi connectivity index (χ3n) is 1.71. The first kappa shape index (κ1) is 11.9. The molecule has 0 atom stereocenters. The molecule has 4 heteroatoms. The molecule has 0 N–H and O–H groups in total. The Morgan fingerprint density at radius 3 is 2.64 bits per heavy atom. The van der Waals surface area contributed by atoms with Crippen LogP contribution in [0.4, 0.5) is 0 Å². The molecule has 0 aliphatic rings. The second kappa shape index (κ2) is 6.30. The van der Waals surface area contributed by atoms with E-state index in [9.17, 15) is 0 Å². The highest BCUT2D eigenvalue weighted by molar-refractivity contribution is 7.99. The predicted molar refractivity (Wildman–Crippen MR) is 60.0 cm³/mol. The summed E-state index contributed by atoms with van der Waals surface area (Å²) in [4.78, 5) is 1.12. The number of methoxy groups -OCH3 is 2. The summed E-state index contributed by atoms with van der Waals surface area (Å²) in [6, 6.07) is 7.72. The van der Waals surface area contributed by atoms with E-state index < -0.39 is 0 Å². The van der Waals surface area contributed by atoms with E-state index >= 15 is 0 Å². The van der Waals surface area contributed by atoms with Crippen LogP contribution in [0.5, 0.6) is 0 Å². The van der Waals surface area contributed by atoms with Gasteiger partial charge in [0.05, 0.1) is 0 Å². The van der Waals surface area contributed by atoms with Crippen molar-refractivity contribution in [2.75, 3.05) is 20.0 Å². The number of ether oxygens (including phenoxy) is 2. The van der Waals surface area contributed by atoms with Gasteiger partial charge in [0.15, 0.2) is 6.29 Å². The maximum Gasteiger partial charge on any atom is 0.166 e. The fraction of sp³-hybridized carbons (Fsp3) is 0.400. The van der Waals surface area contributed by atoms with Crippen molar-refractivity contribution in [3.8, 4) is 0 Å². The summed E-state index contributed by atoms with van der Waals surface area (Å²) < 4.78 is 10.2. The van der Waals surface area contributed by atoms with Crippen molar-refractivity contribution in [3.63, 3.8) is 0 Å². The molecule has 0 amide bonds. The SMILES string of the molecule is COC(CSc1cccc(Cl)c1)OC. The average molecular weight is 233 g/mol. The molecule has 78 valence electrons. The molecule has 0 aliphatic carbocycles. The van der Waals surface area contributed by atoms with Crippen LogP contribution < -0.4 is 0 Å². The Balaban J connectivity index is 2.44. The molecule has 0 spiro atoms. The molecule has 1 aromatic rings. The summed E-state index contributed by atoms with van der Waals surface area (Å²) >= 11 is 7.51. The number of rotatable bonds is 5. The fourth-order valence-electron chi connectivity index (χ4n) is 0.953. The van der Waals surface area contributed by atoms with Crippen LogP contribution in [0.15, 0.2) is 29.2 Å². The van der Waals surface area contributed by atoms with Gasteiger partial charge in [-0.25, -0.2) is 0 Å². The summed E-state index contributed by atoms with van der Waals surface area (Å²) in [6.07, 6.45) is -0.168. The first-order valence-corrected chi connectivity index (χ1v) is 5.56. The molecule has 2 nitrogen and oxygen atoms in total. The lowest BCUT2D eigenvalue weighted by Gasteiger charge is -2.12. The zero-order valence-electron chi connectivity index (χ0n) is 8.20. The van der Waals surface area contributed by atoms with Crippen molar-refractivity contribution in [1.29, 1.82) is 0 Å². The van der Waals surface area contributed by atoms with Crippen molar-refractivity contribution in [2.45, 2.75) is 11.2 Å². The number of thioether (sulfide) groups is 1. The largest absolute Gasteiger partial charge is 0.355 e. The Kier molecular flexibility index (Phi) is 5.33. The Hall–Kier alpha value is -0.220. The lowest BCUT2D eigenvalue weighted by Crippen LogP contribution is -2.15. The highest BCUT2D eigenvalue weighted by atomic mass is 35.5. The maximum atomic E-state index is 5.85. The van der Waals surface area contributed by atoms with Gasteiger partial charge in [-0.15, -0.1) is 11.8 Å². The Morgan fingerprint density at radius 2 is 2.07 bits per heavy atom. The third-order valence-corrected chi connectivity index (χ3v) is 2.97. The smallest absolute Gasteiger partial charge is 0.166 e. The van der Waals surface area contributed by atoms with E-state index in [2.05, 4.69) is 0 Å². The van der Waals surface area contributed by atoms with Gasteiger partial charge in [-0.2, -0.15) is 0 Å². The van der Waals surface area contributed by atoms with Crippen molar-refractivity contribution >= 4 is 23.4 Å². The van der Waals surface area contributed by atoms with Crippen LogP contribution in [0.25, 0.3) is 0 Å². The number of benzene rings is 1. The lowest BCUT2D eigenvalue weighted by atomic mass is 10.4. The van der Waals surface area contributed by atoms with Crippen LogP contribution in [0, 0.1) is 0 Å². The van der Waals surface area contributed by atoms with Crippen LogP contribution in [0.2, 0.25) is 5.02 Å². The minimum absolute atomic E-state index is 0.168. The van der Waals surface area contributed by atoms with E-state index in [1.165, 1.54) is 0 Å². The molecule has 14 heavy (non-hydrogen) atoms. The summed E-state index contributed by atoms with van der Waals surface area (Å²) in [5.41, 5.74) is 0. The van der Waals surface area contributed by atoms with Gasteiger partial charge in [0.25, 0.3) is 0 Å². The molecule has 0 aliphatic heterocycles. The highest BCUT2D eigenvalue weighted by Gasteiger charge is 2.05. The van der Waals surface area contributed by atoms with E-state index in [1.807, 2.05) is 24.3 Å². The molecule has 0 unspecified atom stereocenters. The first-order valence-electron chi connectivity index (χ1n) is 4.20. The van der Waals surface area contributed by atoms with Crippen molar-refractivity contribution < 1.29 is 9.47 Å². The van der Waals surface area contributed by atoms with Gasteiger partial charge in [-0.3, -0.25) is 0 Å². The summed E-state index contributed by atoms with van der Waals surface area (Å²) in [5.74, 6) is 0.757. The summed E-state index contributed by atoms with van der Waals surface area (Å²) in [5, 5.41) is 0.751. The topological polar surface area (TPSA) is 18.5 Å². The Morgan fingerprint density at radius 1 is 1.36 bits per heavy atom. The van der Waals surface area contributed by atoms with Gasteiger partial charge in [0, 0.05) is 29.9 Å². The Labute approximate surface area is 93.5 Å². The van der Waals surface area contributed by atoms with Crippen LogP contribution in [0.1, 0.15) is 0 Å².